The van der Waals surface area contributed by atoms with Crippen LogP contribution in [0.5, 0.6) is 5.75 Å². The van der Waals surface area contributed by atoms with Crippen molar-refractivity contribution in [2.75, 3.05) is 33.3 Å². The maximum Gasteiger partial charge on any atom is 0.247 e. The SMILES string of the molecule is COc1ccc(-c2nnc(C(C)N3CCN(C(C)=O)CC3)o2)cc1. The number of benzene rings is 1. The van der Waals surface area contributed by atoms with E-state index in [0.717, 1.165) is 37.5 Å². The van der Waals surface area contributed by atoms with Gasteiger partial charge in [0.25, 0.3) is 0 Å². The molecule has 7 nitrogen and oxygen atoms in total. The van der Waals surface area contributed by atoms with E-state index in [1.807, 2.05) is 29.2 Å². The molecule has 1 aromatic heterocycles. The van der Waals surface area contributed by atoms with Gasteiger partial charge in [-0.05, 0) is 31.2 Å². The van der Waals surface area contributed by atoms with E-state index in [4.69, 9.17) is 9.15 Å². The van der Waals surface area contributed by atoms with Crippen LogP contribution in [0.3, 0.4) is 0 Å². The summed E-state index contributed by atoms with van der Waals surface area (Å²) in [6.45, 7) is 6.74. The number of ether oxygens (including phenoxy) is 1. The van der Waals surface area contributed by atoms with Gasteiger partial charge in [-0.2, -0.15) is 0 Å². The van der Waals surface area contributed by atoms with Crippen molar-refractivity contribution in [1.29, 1.82) is 0 Å². The molecule has 1 fully saturated rings. The first-order valence-corrected chi connectivity index (χ1v) is 8.06. The number of nitrogens with zero attached hydrogens (tertiary/aromatic N) is 4. The monoisotopic (exact) mass is 330 g/mol. The summed E-state index contributed by atoms with van der Waals surface area (Å²) in [5, 5.41) is 8.35. The van der Waals surface area contributed by atoms with E-state index in [0.29, 0.717) is 11.8 Å². The first-order valence-electron chi connectivity index (χ1n) is 8.06. The maximum atomic E-state index is 11.4. The van der Waals surface area contributed by atoms with Crippen molar-refractivity contribution in [2.24, 2.45) is 0 Å². The third-order valence-electron chi connectivity index (χ3n) is 4.44. The molecule has 1 atom stereocenters. The van der Waals surface area contributed by atoms with E-state index in [2.05, 4.69) is 22.0 Å². The predicted molar refractivity (Wildman–Crippen MR) is 88.5 cm³/mol. The molecule has 0 aliphatic carbocycles. The standard InChI is InChI=1S/C17H22N4O3/c1-12(20-8-10-21(11-9-20)13(2)22)16-18-19-17(24-16)14-4-6-15(23-3)7-5-14/h4-7,12H,8-11H2,1-3H3. The van der Waals surface area contributed by atoms with Crippen LogP contribution >= 0.6 is 0 Å². The molecule has 128 valence electrons. The van der Waals surface area contributed by atoms with Crippen LogP contribution in [0.4, 0.5) is 0 Å². The van der Waals surface area contributed by atoms with E-state index < -0.39 is 0 Å². The Hall–Kier alpha value is -2.41. The van der Waals surface area contributed by atoms with Crippen molar-refractivity contribution in [3.05, 3.63) is 30.2 Å². The number of aromatic nitrogens is 2. The molecule has 0 bridgehead atoms. The number of hydrogen-bond donors (Lipinski definition) is 0. The van der Waals surface area contributed by atoms with Gasteiger partial charge in [0.2, 0.25) is 17.7 Å². The maximum absolute atomic E-state index is 11.4. The Kier molecular flexibility index (Phi) is 4.80. The molecule has 24 heavy (non-hydrogen) atoms. The van der Waals surface area contributed by atoms with Gasteiger partial charge in [0.15, 0.2) is 0 Å². The van der Waals surface area contributed by atoms with Crippen molar-refractivity contribution in [3.63, 3.8) is 0 Å². The van der Waals surface area contributed by atoms with Gasteiger partial charge in [-0.15, -0.1) is 10.2 Å². The molecule has 1 aliphatic rings. The fourth-order valence-corrected chi connectivity index (χ4v) is 2.83. The number of methoxy groups -OCH3 is 1. The fourth-order valence-electron chi connectivity index (χ4n) is 2.83. The normalized spacial score (nSPS) is 16.9. The molecule has 1 unspecified atom stereocenters. The van der Waals surface area contributed by atoms with E-state index in [-0.39, 0.29) is 11.9 Å². The van der Waals surface area contributed by atoms with E-state index >= 15 is 0 Å². The van der Waals surface area contributed by atoms with Gasteiger partial charge in [0.1, 0.15) is 5.75 Å². The highest BCUT2D eigenvalue weighted by Gasteiger charge is 2.26. The van der Waals surface area contributed by atoms with Gasteiger partial charge >= 0.3 is 0 Å². The van der Waals surface area contributed by atoms with Crippen LogP contribution in [-0.4, -0.2) is 59.2 Å². The molecular weight excluding hydrogens is 308 g/mol. The smallest absolute Gasteiger partial charge is 0.247 e. The highest BCUT2D eigenvalue weighted by Crippen LogP contribution is 2.26. The third kappa shape index (κ3) is 3.41. The van der Waals surface area contributed by atoms with Crippen molar-refractivity contribution in [3.8, 4) is 17.2 Å². The minimum atomic E-state index is 0.0265. The van der Waals surface area contributed by atoms with Crippen LogP contribution < -0.4 is 4.74 Å². The Morgan fingerprint density at radius 2 is 1.83 bits per heavy atom. The lowest BCUT2D eigenvalue weighted by Gasteiger charge is -2.36. The summed E-state index contributed by atoms with van der Waals surface area (Å²) < 4.78 is 11.0. The van der Waals surface area contributed by atoms with Crippen LogP contribution in [0, 0.1) is 0 Å². The second kappa shape index (κ2) is 7.00. The zero-order valence-electron chi connectivity index (χ0n) is 14.2. The fraction of sp³-hybridized carbons (Fsp3) is 0.471. The van der Waals surface area contributed by atoms with Crippen LogP contribution in [-0.2, 0) is 4.79 Å². The summed E-state index contributed by atoms with van der Waals surface area (Å²) in [7, 11) is 1.63. The molecule has 2 heterocycles. The highest BCUT2D eigenvalue weighted by molar-refractivity contribution is 5.73. The molecule has 3 rings (SSSR count). The Morgan fingerprint density at radius 3 is 2.42 bits per heavy atom. The lowest BCUT2D eigenvalue weighted by Crippen LogP contribution is -2.48. The van der Waals surface area contributed by atoms with Crippen molar-refractivity contribution < 1.29 is 13.9 Å². The Bertz CT molecular complexity index is 690. The first kappa shape index (κ1) is 16.4. The van der Waals surface area contributed by atoms with E-state index in [9.17, 15) is 4.79 Å². The minimum absolute atomic E-state index is 0.0265. The second-order valence-corrected chi connectivity index (χ2v) is 5.89. The van der Waals surface area contributed by atoms with Crippen molar-refractivity contribution in [2.45, 2.75) is 19.9 Å². The topological polar surface area (TPSA) is 71.7 Å². The van der Waals surface area contributed by atoms with Gasteiger partial charge in [-0.3, -0.25) is 9.69 Å². The summed E-state index contributed by atoms with van der Waals surface area (Å²) in [5.74, 6) is 2.01. The zero-order valence-corrected chi connectivity index (χ0v) is 14.2. The van der Waals surface area contributed by atoms with Crippen molar-refractivity contribution >= 4 is 5.91 Å². The van der Waals surface area contributed by atoms with E-state index in [1.165, 1.54) is 0 Å². The lowest BCUT2D eigenvalue weighted by atomic mass is 10.2. The molecule has 7 heteroatoms. The average Bonchev–Trinajstić information content (AvgIpc) is 3.11. The number of rotatable bonds is 4. The van der Waals surface area contributed by atoms with E-state index in [1.54, 1.807) is 14.0 Å². The van der Waals surface area contributed by atoms with Gasteiger partial charge in [-0.25, -0.2) is 0 Å². The molecule has 1 aromatic carbocycles. The van der Waals surface area contributed by atoms with Gasteiger partial charge in [0.05, 0.1) is 13.2 Å². The summed E-state index contributed by atoms with van der Waals surface area (Å²) in [6, 6.07) is 7.55. The Balaban J connectivity index is 1.67. The average molecular weight is 330 g/mol. The number of amides is 1. The quantitative estimate of drug-likeness (QED) is 0.853. The van der Waals surface area contributed by atoms with Gasteiger partial charge in [-0.1, -0.05) is 0 Å². The summed E-state index contributed by atoms with van der Waals surface area (Å²) in [5.41, 5.74) is 0.864. The second-order valence-electron chi connectivity index (χ2n) is 5.89. The van der Waals surface area contributed by atoms with Crippen LogP contribution in [0.15, 0.2) is 28.7 Å². The number of hydrogen-bond acceptors (Lipinski definition) is 6. The zero-order chi connectivity index (χ0) is 17.1. The number of piperazine rings is 1. The van der Waals surface area contributed by atoms with Gasteiger partial charge < -0.3 is 14.1 Å². The summed E-state index contributed by atoms with van der Waals surface area (Å²) in [4.78, 5) is 15.5. The number of carbonyl (C=O) groups excluding carboxylic acids is 1. The highest BCUT2D eigenvalue weighted by atomic mass is 16.5. The summed E-state index contributed by atoms with van der Waals surface area (Å²) in [6.07, 6.45) is 0. The first-order chi connectivity index (χ1) is 11.6. The molecule has 0 radical (unpaired) electrons. The molecule has 0 spiro atoms. The van der Waals surface area contributed by atoms with Gasteiger partial charge in [0, 0.05) is 38.7 Å². The largest absolute Gasteiger partial charge is 0.497 e. The molecule has 1 amide bonds. The molecule has 0 N–H and O–H groups in total. The molecule has 1 aliphatic heterocycles. The Morgan fingerprint density at radius 1 is 1.17 bits per heavy atom. The molecule has 2 aromatic rings. The predicted octanol–water partition coefficient (Wildman–Crippen LogP) is 1.97. The number of carbonyl (C=O) groups is 1. The lowest BCUT2D eigenvalue weighted by molar-refractivity contribution is -0.130. The molecular formula is C17H22N4O3. The Labute approximate surface area is 141 Å². The minimum Gasteiger partial charge on any atom is -0.497 e. The van der Waals surface area contributed by atoms with Crippen molar-refractivity contribution in [1.82, 2.24) is 20.0 Å². The van der Waals surface area contributed by atoms with Crippen LogP contribution in [0.2, 0.25) is 0 Å². The molecule has 1 saturated heterocycles. The molecule has 0 saturated carbocycles. The van der Waals surface area contributed by atoms with Crippen LogP contribution in [0.1, 0.15) is 25.8 Å². The third-order valence-corrected chi connectivity index (χ3v) is 4.44. The summed E-state index contributed by atoms with van der Waals surface area (Å²) >= 11 is 0. The van der Waals surface area contributed by atoms with Crippen LogP contribution in [0.25, 0.3) is 11.5 Å².